The number of aliphatic hydroxyl groups is 1. The molecular formula is C12H26N2O. The average molecular weight is 214 g/mol. The van der Waals surface area contributed by atoms with Gasteiger partial charge in [-0.1, -0.05) is 20.3 Å². The number of aliphatic hydroxyl groups excluding tert-OH is 1. The van der Waals surface area contributed by atoms with Crippen molar-refractivity contribution in [3.05, 3.63) is 0 Å². The zero-order chi connectivity index (χ0) is 11.3. The summed E-state index contributed by atoms with van der Waals surface area (Å²) in [7, 11) is 0. The van der Waals surface area contributed by atoms with E-state index in [0.29, 0.717) is 0 Å². The molecule has 1 heterocycles. The number of rotatable bonds is 5. The fraction of sp³-hybridized carbons (Fsp3) is 1.00. The molecule has 0 amide bonds. The van der Waals surface area contributed by atoms with Crippen LogP contribution in [-0.4, -0.2) is 41.8 Å². The molecule has 0 bridgehead atoms. The minimum atomic E-state index is 0.130. The van der Waals surface area contributed by atoms with Crippen molar-refractivity contribution in [1.82, 2.24) is 4.90 Å². The Morgan fingerprint density at radius 2 is 2.27 bits per heavy atom. The lowest BCUT2D eigenvalue weighted by Crippen LogP contribution is -2.53. The normalized spacial score (nSPS) is 27.6. The summed E-state index contributed by atoms with van der Waals surface area (Å²) >= 11 is 0. The Kier molecular flexibility index (Phi) is 5.58. The van der Waals surface area contributed by atoms with Crippen LogP contribution in [0.25, 0.3) is 0 Å². The van der Waals surface area contributed by atoms with Crippen LogP contribution in [-0.2, 0) is 0 Å². The number of piperidine rings is 1. The van der Waals surface area contributed by atoms with Crippen molar-refractivity contribution in [2.24, 2.45) is 11.7 Å². The van der Waals surface area contributed by atoms with Crippen LogP contribution in [0.3, 0.4) is 0 Å². The zero-order valence-corrected chi connectivity index (χ0v) is 10.2. The third kappa shape index (κ3) is 3.74. The third-order valence-electron chi connectivity index (χ3n) is 3.46. The second-order valence-corrected chi connectivity index (χ2v) is 4.94. The van der Waals surface area contributed by atoms with Crippen molar-refractivity contribution >= 4 is 0 Å². The first-order chi connectivity index (χ1) is 7.19. The molecule has 15 heavy (non-hydrogen) atoms. The lowest BCUT2D eigenvalue weighted by Gasteiger charge is -2.39. The Morgan fingerprint density at radius 3 is 2.80 bits per heavy atom. The Labute approximate surface area is 93.6 Å². The van der Waals surface area contributed by atoms with Gasteiger partial charge in [-0.3, -0.25) is 4.90 Å². The van der Waals surface area contributed by atoms with Crippen LogP contribution < -0.4 is 5.73 Å². The smallest absolute Gasteiger partial charge is 0.0601 e. The van der Waals surface area contributed by atoms with E-state index in [0.717, 1.165) is 31.8 Å². The monoisotopic (exact) mass is 214 g/mol. The average Bonchev–Trinajstić information content (AvgIpc) is 2.19. The van der Waals surface area contributed by atoms with Crippen LogP contribution in [0.5, 0.6) is 0 Å². The molecule has 0 aromatic rings. The van der Waals surface area contributed by atoms with Gasteiger partial charge in [0.25, 0.3) is 0 Å². The Balaban J connectivity index is 2.48. The van der Waals surface area contributed by atoms with Gasteiger partial charge in [-0.15, -0.1) is 0 Å². The van der Waals surface area contributed by atoms with E-state index >= 15 is 0 Å². The molecule has 3 unspecified atom stereocenters. The van der Waals surface area contributed by atoms with E-state index in [-0.39, 0.29) is 18.7 Å². The van der Waals surface area contributed by atoms with Crippen molar-refractivity contribution in [1.29, 1.82) is 0 Å². The SMILES string of the molecule is CCCC(N)C(CO)N1CCCC(C)C1. The van der Waals surface area contributed by atoms with Crippen molar-refractivity contribution in [3.8, 4) is 0 Å². The number of nitrogens with two attached hydrogens (primary N) is 1. The van der Waals surface area contributed by atoms with Gasteiger partial charge in [0.15, 0.2) is 0 Å². The van der Waals surface area contributed by atoms with Gasteiger partial charge in [0.2, 0.25) is 0 Å². The van der Waals surface area contributed by atoms with E-state index in [4.69, 9.17) is 5.73 Å². The summed E-state index contributed by atoms with van der Waals surface area (Å²) in [6.07, 6.45) is 4.67. The quantitative estimate of drug-likeness (QED) is 0.723. The number of hydrogen-bond acceptors (Lipinski definition) is 3. The van der Waals surface area contributed by atoms with Gasteiger partial charge in [-0.25, -0.2) is 0 Å². The first kappa shape index (κ1) is 12.9. The van der Waals surface area contributed by atoms with E-state index in [1.165, 1.54) is 12.8 Å². The fourth-order valence-electron chi connectivity index (χ4n) is 2.57. The highest BCUT2D eigenvalue weighted by molar-refractivity contribution is 4.84. The lowest BCUT2D eigenvalue weighted by atomic mass is 9.95. The van der Waals surface area contributed by atoms with Crippen LogP contribution in [0.15, 0.2) is 0 Å². The second-order valence-electron chi connectivity index (χ2n) is 4.94. The van der Waals surface area contributed by atoms with Gasteiger partial charge >= 0.3 is 0 Å². The Hall–Kier alpha value is -0.120. The predicted molar refractivity (Wildman–Crippen MR) is 63.7 cm³/mol. The highest BCUT2D eigenvalue weighted by atomic mass is 16.3. The lowest BCUT2D eigenvalue weighted by molar-refractivity contribution is 0.0671. The van der Waals surface area contributed by atoms with E-state index < -0.39 is 0 Å². The van der Waals surface area contributed by atoms with Crippen LogP contribution in [0, 0.1) is 5.92 Å². The van der Waals surface area contributed by atoms with Crippen LogP contribution in [0.1, 0.15) is 39.5 Å². The first-order valence-corrected chi connectivity index (χ1v) is 6.29. The van der Waals surface area contributed by atoms with Gasteiger partial charge in [-0.05, 0) is 31.7 Å². The van der Waals surface area contributed by atoms with Gasteiger partial charge in [0, 0.05) is 18.6 Å². The summed E-state index contributed by atoms with van der Waals surface area (Å²) in [4.78, 5) is 2.38. The maximum absolute atomic E-state index is 9.44. The second kappa shape index (κ2) is 6.46. The molecule has 1 fully saturated rings. The largest absolute Gasteiger partial charge is 0.395 e. The number of nitrogens with zero attached hydrogens (tertiary/aromatic N) is 1. The standard InChI is InChI=1S/C12H26N2O/c1-3-5-11(13)12(9-15)14-7-4-6-10(2)8-14/h10-12,15H,3-9,13H2,1-2H3. The molecule has 0 radical (unpaired) electrons. The number of hydrogen-bond donors (Lipinski definition) is 2. The van der Waals surface area contributed by atoms with Gasteiger partial charge in [-0.2, -0.15) is 0 Å². The summed E-state index contributed by atoms with van der Waals surface area (Å²) in [5.74, 6) is 0.752. The predicted octanol–water partition coefficient (Wildman–Crippen LogP) is 1.21. The van der Waals surface area contributed by atoms with Crippen LogP contribution in [0.4, 0.5) is 0 Å². The molecule has 0 aliphatic carbocycles. The molecule has 90 valence electrons. The molecule has 3 atom stereocenters. The molecule has 1 rings (SSSR count). The molecule has 1 aliphatic rings. The maximum atomic E-state index is 9.44. The van der Waals surface area contributed by atoms with Crippen molar-refractivity contribution in [2.45, 2.75) is 51.6 Å². The molecule has 0 aromatic heterocycles. The third-order valence-corrected chi connectivity index (χ3v) is 3.46. The van der Waals surface area contributed by atoms with Gasteiger partial charge in [0.1, 0.15) is 0 Å². The summed E-state index contributed by atoms with van der Waals surface area (Å²) in [5.41, 5.74) is 6.11. The minimum absolute atomic E-state index is 0.130. The number of likely N-dealkylation sites (tertiary alicyclic amines) is 1. The zero-order valence-electron chi connectivity index (χ0n) is 10.2. The van der Waals surface area contributed by atoms with Gasteiger partial charge < -0.3 is 10.8 Å². The van der Waals surface area contributed by atoms with Crippen molar-refractivity contribution < 1.29 is 5.11 Å². The molecule has 3 nitrogen and oxygen atoms in total. The van der Waals surface area contributed by atoms with E-state index in [1.54, 1.807) is 0 Å². The molecule has 1 aliphatic heterocycles. The van der Waals surface area contributed by atoms with E-state index in [1.807, 2.05) is 0 Å². The Morgan fingerprint density at radius 1 is 1.53 bits per heavy atom. The molecule has 0 spiro atoms. The molecule has 0 aromatic carbocycles. The highest BCUT2D eigenvalue weighted by Crippen LogP contribution is 2.19. The van der Waals surface area contributed by atoms with Crippen molar-refractivity contribution in [2.75, 3.05) is 19.7 Å². The summed E-state index contributed by atoms with van der Waals surface area (Å²) in [6.45, 7) is 6.84. The maximum Gasteiger partial charge on any atom is 0.0601 e. The molecule has 1 saturated heterocycles. The summed E-state index contributed by atoms with van der Waals surface area (Å²) < 4.78 is 0. The van der Waals surface area contributed by atoms with E-state index in [9.17, 15) is 5.11 Å². The van der Waals surface area contributed by atoms with Gasteiger partial charge in [0.05, 0.1) is 6.61 Å². The van der Waals surface area contributed by atoms with Crippen molar-refractivity contribution in [3.63, 3.8) is 0 Å². The summed E-state index contributed by atoms with van der Waals surface area (Å²) in [5, 5.41) is 9.44. The van der Waals surface area contributed by atoms with Crippen LogP contribution >= 0.6 is 0 Å². The van der Waals surface area contributed by atoms with Crippen LogP contribution in [0.2, 0.25) is 0 Å². The molecule has 0 saturated carbocycles. The molecule has 3 heteroatoms. The topological polar surface area (TPSA) is 49.5 Å². The first-order valence-electron chi connectivity index (χ1n) is 6.29. The fourth-order valence-corrected chi connectivity index (χ4v) is 2.57. The molecular weight excluding hydrogens is 188 g/mol. The highest BCUT2D eigenvalue weighted by Gasteiger charge is 2.27. The Bertz CT molecular complexity index is 175. The van der Waals surface area contributed by atoms with E-state index in [2.05, 4.69) is 18.7 Å². The summed E-state index contributed by atoms with van der Waals surface area (Å²) in [6, 6.07) is 0.304. The molecule has 3 N–H and O–H groups in total. The minimum Gasteiger partial charge on any atom is -0.395 e.